The molecule has 3 heterocycles. The fourth-order valence-corrected chi connectivity index (χ4v) is 5.46. The molecular formula is C21H26ClN5OS. The Balaban J connectivity index is 1.61. The number of benzene rings is 1. The summed E-state index contributed by atoms with van der Waals surface area (Å²) in [5, 5.41) is 4.50. The Morgan fingerprint density at radius 2 is 2.10 bits per heavy atom. The second-order valence-electron chi connectivity index (χ2n) is 7.73. The van der Waals surface area contributed by atoms with Gasteiger partial charge in [0.25, 0.3) is 0 Å². The van der Waals surface area contributed by atoms with Crippen LogP contribution in [0.4, 0.5) is 0 Å². The molecule has 0 bridgehead atoms. The van der Waals surface area contributed by atoms with E-state index in [1.54, 1.807) is 6.33 Å². The highest BCUT2D eigenvalue weighted by Crippen LogP contribution is 2.44. The lowest BCUT2D eigenvalue weighted by molar-refractivity contribution is -0.137. The number of hydrogen-bond acceptors (Lipinski definition) is 6. The van der Waals surface area contributed by atoms with Gasteiger partial charge in [-0.05, 0) is 38.0 Å². The molecule has 2 aliphatic heterocycles. The van der Waals surface area contributed by atoms with E-state index < -0.39 is 6.04 Å². The number of rotatable bonds is 4. The Morgan fingerprint density at radius 1 is 1.34 bits per heavy atom. The van der Waals surface area contributed by atoms with Crippen LogP contribution in [0.5, 0.6) is 0 Å². The molecular weight excluding hydrogens is 406 g/mol. The van der Waals surface area contributed by atoms with Gasteiger partial charge in [0.1, 0.15) is 6.33 Å². The average molecular weight is 432 g/mol. The zero-order valence-corrected chi connectivity index (χ0v) is 18.2. The van der Waals surface area contributed by atoms with Gasteiger partial charge in [-0.2, -0.15) is 0 Å². The highest BCUT2D eigenvalue weighted by Gasteiger charge is 2.39. The number of aromatic nitrogens is 2. The standard InChI is InChI=1S/C21H26ClN5OS/c1-12-20(19-18-13(2)29-10-17(18)25-11-26-19)27(8-7-24-12)21(28)16(23)9-14-3-5-15(22)6-4-14/h3-6,11-13,16,20,24H,7-10,23H2,1-2H3/t12?,13-,16-,20+/m1/s1. The normalized spacial score (nSPS) is 25.0. The largest absolute Gasteiger partial charge is 0.330 e. The fraction of sp³-hybridized carbons (Fsp3) is 0.476. The summed E-state index contributed by atoms with van der Waals surface area (Å²) in [5.74, 6) is 0.855. The quantitative estimate of drug-likeness (QED) is 0.774. The summed E-state index contributed by atoms with van der Waals surface area (Å²) < 4.78 is 0. The van der Waals surface area contributed by atoms with E-state index in [9.17, 15) is 4.79 Å². The zero-order valence-electron chi connectivity index (χ0n) is 16.6. The Kier molecular flexibility index (Phi) is 6.11. The van der Waals surface area contributed by atoms with Crippen molar-refractivity contribution in [3.8, 4) is 0 Å². The Hall–Kier alpha value is -1.67. The number of hydrogen-bond donors (Lipinski definition) is 2. The van der Waals surface area contributed by atoms with E-state index in [1.165, 1.54) is 5.56 Å². The van der Waals surface area contributed by atoms with Crippen molar-refractivity contribution in [2.24, 2.45) is 5.73 Å². The molecule has 8 heteroatoms. The third kappa shape index (κ3) is 4.14. The van der Waals surface area contributed by atoms with Gasteiger partial charge in [-0.25, -0.2) is 9.97 Å². The first kappa shape index (κ1) is 20.6. The summed E-state index contributed by atoms with van der Waals surface area (Å²) >= 11 is 7.83. The maximum absolute atomic E-state index is 13.4. The molecule has 6 nitrogen and oxygen atoms in total. The summed E-state index contributed by atoms with van der Waals surface area (Å²) in [7, 11) is 0. The van der Waals surface area contributed by atoms with E-state index in [2.05, 4.69) is 29.1 Å². The molecule has 1 saturated heterocycles. The maximum atomic E-state index is 13.4. The molecule has 1 fully saturated rings. The van der Waals surface area contributed by atoms with Gasteiger partial charge >= 0.3 is 0 Å². The number of amides is 1. The van der Waals surface area contributed by atoms with Crippen LogP contribution in [0.3, 0.4) is 0 Å². The van der Waals surface area contributed by atoms with Crippen molar-refractivity contribution < 1.29 is 4.79 Å². The van der Waals surface area contributed by atoms with Gasteiger partial charge in [-0.3, -0.25) is 4.79 Å². The summed E-state index contributed by atoms with van der Waals surface area (Å²) in [6.45, 7) is 5.65. The molecule has 2 aliphatic rings. The number of carbonyl (C=O) groups excluding carboxylic acids is 1. The minimum Gasteiger partial charge on any atom is -0.330 e. The maximum Gasteiger partial charge on any atom is 0.240 e. The molecule has 4 atom stereocenters. The molecule has 0 aliphatic carbocycles. The van der Waals surface area contributed by atoms with Gasteiger partial charge in [0.2, 0.25) is 5.91 Å². The summed E-state index contributed by atoms with van der Waals surface area (Å²) in [6.07, 6.45) is 2.11. The first-order valence-corrected chi connectivity index (χ1v) is 11.4. The van der Waals surface area contributed by atoms with E-state index in [-0.39, 0.29) is 18.0 Å². The van der Waals surface area contributed by atoms with Crippen molar-refractivity contribution in [3.05, 3.63) is 58.1 Å². The van der Waals surface area contributed by atoms with Gasteiger partial charge < -0.3 is 16.0 Å². The highest BCUT2D eigenvalue weighted by molar-refractivity contribution is 7.99. The smallest absolute Gasteiger partial charge is 0.240 e. The van der Waals surface area contributed by atoms with Gasteiger partial charge in [0.05, 0.1) is 23.5 Å². The molecule has 3 N–H and O–H groups in total. The van der Waals surface area contributed by atoms with Crippen molar-refractivity contribution in [1.29, 1.82) is 0 Å². The number of piperazine rings is 1. The van der Waals surface area contributed by atoms with Crippen LogP contribution in [0.1, 0.15) is 47.7 Å². The second kappa shape index (κ2) is 8.60. The first-order valence-electron chi connectivity index (χ1n) is 9.95. The first-order chi connectivity index (χ1) is 14.0. The monoisotopic (exact) mass is 431 g/mol. The number of nitrogens with two attached hydrogens (primary N) is 1. The van der Waals surface area contributed by atoms with Crippen LogP contribution in [0.15, 0.2) is 30.6 Å². The number of fused-ring (bicyclic) bond motifs is 1. The molecule has 0 spiro atoms. The van der Waals surface area contributed by atoms with Crippen LogP contribution in [0, 0.1) is 0 Å². The predicted molar refractivity (Wildman–Crippen MR) is 117 cm³/mol. The van der Waals surface area contributed by atoms with Gasteiger partial charge in [-0.15, -0.1) is 11.8 Å². The van der Waals surface area contributed by atoms with Crippen molar-refractivity contribution in [2.75, 3.05) is 13.1 Å². The van der Waals surface area contributed by atoms with Crippen LogP contribution in [-0.4, -0.2) is 45.9 Å². The summed E-state index contributed by atoms with van der Waals surface area (Å²) in [4.78, 5) is 24.4. The fourth-order valence-electron chi connectivity index (χ4n) is 4.27. The van der Waals surface area contributed by atoms with E-state index in [1.807, 2.05) is 40.9 Å². The van der Waals surface area contributed by atoms with Gasteiger partial charge in [0.15, 0.2) is 0 Å². The molecule has 1 unspecified atom stereocenters. The molecule has 1 aromatic carbocycles. The van der Waals surface area contributed by atoms with Crippen molar-refractivity contribution in [2.45, 2.75) is 49.4 Å². The molecule has 0 saturated carbocycles. The molecule has 154 valence electrons. The average Bonchev–Trinajstić information content (AvgIpc) is 3.10. The number of nitrogens with zero attached hydrogens (tertiary/aromatic N) is 3. The zero-order chi connectivity index (χ0) is 20.5. The molecule has 4 rings (SSSR count). The minimum atomic E-state index is -0.606. The van der Waals surface area contributed by atoms with E-state index in [0.29, 0.717) is 23.2 Å². The van der Waals surface area contributed by atoms with Crippen LogP contribution >= 0.6 is 23.4 Å². The van der Waals surface area contributed by atoms with Gasteiger partial charge in [0, 0.05) is 40.7 Å². The van der Waals surface area contributed by atoms with Crippen LogP contribution in [-0.2, 0) is 17.0 Å². The summed E-state index contributed by atoms with van der Waals surface area (Å²) in [6, 6.07) is 6.83. The number of thioether (sulfide) groups is 1. The van der Waals surface area contributed by atoms with Crippen LogP contribution in [0.2, 0.25) is 5.02 Å². The lowest BCUT2D eigenvalue weighted by Crippen LogP contribution is -2.57. The number of carbonyl (C=O) groups is 1. The van der Waals surface area contributed by atoms with Gasteiger partial charge in [-0.1, -0.05) is 23.7 Å². The molecule has 0 radical (unpaired) electrons. The van der Waals surface area contributed by atoms with Crippen molar-refractivity contribution in [1.82, 2.24) is 20.2 Å². The highest BCUT2D eigenvalue weighted by atomic mass is 35.5. The Bertz CT molecular complexity index is 893. The third-order valence-corrected chi connectivity index (χ3v) is 7.18. The van der Waals surface area contributed by atoms with Crippen molar-refractivity contribution in [3.63, 3.8) is 0 Å². The second-order valence-corrected chi connectivity index (χ2v) is 9.49. The number of nitrogens with one attached hydrogen (secondary N) is 1. The minimum absolute atomic E-state index is 0.0380. The van der Waals surface area contributed by atoms with Crippen LogP contribution in [0.25, 0.3) is 0 Å². The lowest BCUT2D eigenvalue weighted by Gasteiger charge is -2.42. The van der Waals surface area contributed by atoms with E-state index >= 15 is 0 Å². The SMILES string of the molecule is CC1NCCN(C(=O)[C@H](N)Cc2ccc(Cl)cc2)[C@@H]1c1ncnc2c1[C@@H](C)SC2. The Labute approximate surface area is 180 Å². The third-order valence-electron chi connectivity index (χ3n) is 5.75. The predicted octanol–water partition coefficient (Wildman–Crippen LogP) is 2.87. The van der Waals surface area contributed by atoms with E-state index in [4.69, 9.17) is 17.3 Å². The molecule has 1 aromatic heterocycles. The van der Waals surface area contributed by atoms with E-state index in [0.717, 1.165) is 29.2 Å². The Morgan fingerprint density at radius 3 is 2.86 bits per heavy atom. The number of halogens is 1. The van der Waals surface area contributed by atoms with Crippen molar-refractivity contribution >= 4 is 29.3 Å². The lowest BCUT2D eigenvalue weighted by atomic mass is 9.94. The van der Waals surface area contributed by atoms with Crippen LogP contribution < -0.4 is 11.1 Å². The molecule has 1 amide bonds. The summed E-state index contributed by atoms with van der Waals surface area (Å²) in [5.41, 5.74) is 10.6. The molecule has 2 aromatic rings. The topological polar surface area (TPSA) is 84.1 Å². The molecule has 29 heavy (non-hydrogen) atoms.